The van der Waals surface area contributed by atoms with E-state index in [1.54, 1.807) is 0 Å². The van der Waals surface area contributed by atoms with E-state index in [2.05, 4.69) is 34.8 Å². The Kier molecular flexibility index (Phi) is 22.8. The van der Waals surface area contributed by atoms with Gasteiger partial charge in [0.05, 0.1) is 14.6 Å². The first-order chi connectivity index (χ1) is 12.5. The molecule has 32 heavy (non-hydrogen) atoms. The summed E-state index contributed by atoms with van der Waals surface area (Å²) in [6, 6.07) is 0. The normalized spacial score (nSPS) is 13.3. The Bertz CT molecular complexity index is 654. The molecule has 0 fully saturated rings. The summed E-state index contributed by atoms with van der Waals surface area (Å²) in [4.78, 5) is 108. The molecule has 0 amide bonds. The summed E-state index contributed by atoms with van der Waals surface area (Å²) in [7, 11) is -33.0. The Morgan fingerprint density at radius 3 is 0.406 bits per heavy atom. The number of hydrogen-bond donors (Lipinski definition) is 0. The average Bonchev–Trinajstić information content (AvgIpc) is 2.40. The van der Waals surface area contributed by atoms with Gasteiger partial charge in [-0.2, -0.15) is 0 Å². The summed E-state index contributed by atoms with van der Waals surface area (Å²) in [6.07, 6.45) is 0. The van der Waals surface area contributed by atoms with Crippen LogP contribution in [0.1, 0.15) is 0 Å². The van der Waals surface area contributed by atoms with E-state index in [-0.39, 0.29) is 42.1 Å². The van der Waals surface area contributed by atoms with Crippen LogP contribution in [0.2, 0.25) is 0 Å². The average molecular weight is 987 g/mol. The van der Waals surface area contributed by atoms with Gasteiger partial charge in [-0.25, -0.2) is 0 Å². The Labute approximate surface area is 221 Å². The van der Waals surface area contributed by atoms with Crippen molar-refractivity contribution in [2.24, 2.45) is 0 Å². The minimum Gasteiger partial charge on any atom is -0.809 e. The number of halogens is 3. The molecule has 0 radical (unpaired) electrons. The maximum Gasteiger partial charge on any atom is 6.00 e. The molecule has 0 aromatic rings. The Hall–Kier alpha value is 3.15. The molecule has 0 bridgehead atoms. The van der Waals surface area contributed by atoms with Crippen LogP contribution in [0.15, 0.2) is 0 Å². The van der Waals surface area contributed by atoms with E-state index in [1.165, 1.54) is 0 Å². The quantitative estimate of drug-likeness (QED) is 0.176. The first-order valence-corrected chi connectivity index (χ1v) is 16.5. The van der Waals surface area contributed by atoms with Crippen LogP contribution < -0.4 is 58.7 Å². The molecule has 0 spiro atoms. The van der Waals surface area contributed by atoms with Gasteiger partial charge in [0.1, 0.15) is 0 Å². The van der Waals surface area contributed by atoms with Gasteiger partial charge in [0.15, 0.2) is 0 Å². The molecule has 29 heteroatoms. The molecule has 0 aliphatic heterocycles. The molecule has 0 saturated heterocycles. The molecule has 0 heterocycles. The SMILES string of the molecule is O=P([O-])([O-])C(Cl)P(=O)([O-])[O-].O=P([O-])([O-])C(Cl)P(=O)([O-])[O-].O=P([O-])([O-])C(Cl)P(=O)([O-])[O-].[W+6].[W+6]. The van der Waals surface area contributed by atoms with Crippen molar-refractivity contribution in [1.29, 1.82) is 0 Å². The second-order valence-electron chi connectivity index (χ2n) is 4.17. The second-order valence-corrected chi connectivity index (χ2v) is 18.1. The van der Waals surface area contributed by atoms with Crippen molar-refractivity contribution in [3.63, 3.8) is 0 Å². The van der Waals surface area contributed by atoms with Crippen molar-refractivity contribution in [2.75, 3.05) is 0 Å². The van der Waals surface area contributed by atoms with Crippen molar-refractivity contribution < 1.29 is 128 Å². The van der Waals surface area contributed by atoms with Crippen LogP contribution in [0.5, 0.6) is 0 Å². The van der Waals surface area contributed by atoms with E-state index in [0.717, 1.165) is 0 Å². The fourth-order valence-electron chi connectivity index (χ4n) is 0.520. The van der Waals surface area contributed by atoms with E-state index in [9.17, 15) is 86.1 Å². The summed E-state index contributed by atoms with van der Waals surface area (Å²) in [5.74, 6) is 0. The number of alkyl halides is 3. The number of rotatable bonds is 6. The molecule has 0 aromatic heterocycles. The van der Waals surface area contributed by atoms with E-state index in [0.29, 0.717) is 0 Å². The van der Waals surface area contributed by atoms with Gasteiger partial charge in [-0.3, -0.25) is 0 Å². The van der Waals surface area contributed by atoms with Gasteiger partial charge in [-0.1, -0.05) is 0 Å². The zero-order chi connectivity index (χ0) is 25.7. The molecule has 0 unspecified atom stereocenters. The van der Waals surface area contributed by atoms with Gasteiger partial charge < -0.3 is 86.1 Å². The van der Waals surface area contributed by atoms with Crippen LogP contribution in [-0.4, -0.2) is 14.6 Å². The maximum atomic E-state index is 9.75. The molecule has 0 aliphatic carbocycles. The molecule has 186 valence electrons. The first-order valence-electron chi connectivity index (χ1n) is 5.49. The topological polar surface area (TPSA) is 379 Å². The zero-order valence-electron chi connectivity index (χ0n) is 13.7. The second kappa shape index (κ2) is 16.2. The van der Waals surface area contributed by atoms with Gasteiger partial charge in [0.25, 0.3) is 0 Å². The third-order valence-electron chi connectivity index (χ3n) is 1.57. The molecule has 0 aliphatic rings. The Morgan fingerprint density at radius 1 is 0.344 bits per heavy atom. The maximum absolute atomic E-state index is 9.75. The minimum atomic E-state index is -5.50. The molecule has 0 saturated carbocycles. The van der Waals surface area contributed by atoms with Crippen LogP contribution in [0.4, 0.5) is 0 Å². The summed E-state index contributed by atoms with van der Waals surface area (Å²) < 4.78 is 58.5. The van der Waals surface area contributed by atoms with Gasteiger partial charge in [-0.15, -0.1) is 34.8 Å². The van der Waals surface area contributed by atoms with Crippen molar-refractivity contribution in [1.82, 2.24) is 0 Å². The fourth-order valence-corrected chi connectivity index (χ4v) is 4.68. The summed E-state index contributed by atoms with van der Waals surface area (Å²) in [5.41, 5.74) is 0. The van der Waals surface area contributed by atoms with Crippen LogP contribution in [0.25, 0.3) is 0 Å². The summed E-state index contributed by atoms with van der Waals surface area (Å²) in [5, 5.41) is 0. The standard InChI is InChI=1S/3CH5ClO6P2.2W/c3*2-1(9(3,4)5)10(6,7)8;;/h3*1H,(H2,3,4,5)(H2,6,7,8);;/q;;;2*+6/p-12. The minimum absolute atomic E-state index is 0. The van der Waals surface area contributed by atoms with Crippen molar-refractivity contribution >= 4 is 80.4 Å². The van der Waals surface area contributed by atoms with E-state index in [1.807, 2.05) is 0 Å². The number of hydrogen-bond acceptors (Lipinski definition) is 18. The van der Waals surface area contributed by atoms with Crippen LogP contribution in [-0.2, 0) is 69.5 Å². The third kappa shape index (κ3) is 22.4. The third-order valence-corrected chi connectivity index (χ3v) is 14.1. The Morgan fingerprint density at radius 2 is 0.406 bits per heavy atom. The predicted octanol–water partition coefficient (Wildman–Crippen LogP) is -8.00. The molecular weight excluding hydrogens is 984 g/mol. The fraction of sp³-hybridized carbons (Fsp3) is 1.00. The predicted molar refractivity (Wildman–Crippen MR) is 74.6 cm³/mol. The molecule has 0 atom stereocenters. The summed E-state index contributed by atoms with van der Waals surface area (Å²) in [6.45, 7) is 0. The van der Waals surface area contributed by atoms with E-state index in [4.69, 9.17) is 0 Å². The smallest absolute Gasteiger partial charge is 0.809 e. The Balaban J connectivity index is -0.000000110. The molecular formula is C3H3Cl3O18P6W2. The molecule has 0 rings (SSSR count). The van der Waals surface area contributed by atoms with Gasteiger partial charge in [0.2, 0.25) is 0 Å². The van der Waals surface area contributed by atoms with Crippen LogP contribution >= 0.6 is 80.4 Å². The van der Waals surface area contributed by atoms with Crippen LogP contribution in [0.3, 0.4) is 0 Å². The van der Waals surface area contributed by atoms with E-state index >= 15 is 0 Å². The van der Waals surface area contributed by atoms with Crippen LogP contribution in [0, 0.1) is 0 Å². The summed E-state index contributed by atoms with van der Waals surface area (Å²) >= 11 is 13.4. The molecule has 18 nitrogen and oxygen atoms in total. The van der Waals surface area contributed by atoms with Crippen molar-refractivity contribution in [3.8, 4) is 0 Å². The van der Waals surface area contributed by atoms with Crippen molar-refractivity contribution in [2.45, 2.75) is 14.6 Å². The van der Waals surface area contributed by atoms with Gasteiger partial charge in [-0.05, 0) is 45.6 Å². The largest absolute Gasteiger partial charge is 6.00 e. The van der Waals surface area contributed by atoms with Gasteiger partial charge in [0, 0.05) is 0 Å². The molecule has 0 aromatic carbocycles. The van der Waals surface area contributed by atoms with Crippen molar-refractivity contribution in [3.05, 3.63) is 0 Å². The molecule has 0 N–H and O–H groups in total. The van der Waals surface area contributed by atoms with Gasteiger partial charge >= 0.3 is 42.1 Å². The monoisotopic (exact) mass is 986 g/mol. The van der Waals surface area contributed by atoms with E-state index < -0.39 is 60.2 Å². The zero-order valence-corrected chi connectivity index (χ0v) is 27.2. The first kappa shape index (κ1) is 45.1.